The van der Waals surface area contributed by atoms with Crippen LogP contribution in [0.3, 0.4) is 0 Å². The Hall–Kier alpha value is -3.35. The molecule has 0 heterocycles. The number of benzene rings is 2. The van der Waals surface area contributed by atoms with Crippen molar-refractivity contribution in [2.24, 2.45) is 5.92 Å². The number of carbonyl (C=O) groups is 3. The van der Waals surface area contributed by atoms with Crippen LogP contribution in [0, 0.1) is 5.92 Å². The van der Waals surface area contributed by atoms with E-state index in [0.717, 1.165) is 0 Å². The zero-order valence-corrected chi connectivity index (χ0v) is 18.5. The fraction of sp³-hybridized carbons (Fsp3) is 0.400. The van der Waals surface area contributed by atoms with Crippen LogP contribution < -0.4 is 5.32 Å². The predicted molar refractivity (Wildman–Crippen MR) is 121 cm³/mol. The Morgan fingerprint density at radius 2 is 1.62 bits per heavy atom. The highest BCUT2D eigenvalue weighted by molar-refractivity contribution is 5.79. The molecule has 1 aliphatic rings. The van der Waals surface area contributed by atoms with Crippen molar-refractivity contribution in [3.05, 3.63) is 59.7 Å². The van der Waals surface area contributed by atoms with E-state index in [2.05, 4.69) is 29.6 Å². The van der Waals surface area contributed by atoms with Crippen LogP contribution in [0.25, 0.3) is 11.1 Å². The number of hydrogen-bond donors (Lipinski definition) is 2. The Bertz CT molecular complexity index is 929. The number of rotatable bonds is 10. The second-order valence-corrected chi connectivity index (χ2v) is 8.31. The van der Waals surface area contributed by atoms with Gasteiger partial charge in [-0.25, -0.2) is 4.79 Å². The van der Waals surface area contributed by atoms with Crippen LogP contribution >= 0.6 is 0 Å². The first-order valence-electron chi connectivity index (χ1n) is 10.9. The minimum absolute atomic E-state index is 0.0181. The Morgan fingerprint density at radius 1 is 1.03 bits per heavy atom. The summed E-state index contributed by atoms with van der Waals surface area (Å²) in [5, 5.41) is 11.5. The number of amides is 2. The molecule has 0 aromatic heterocycles. The topological polar surface area (TPSA) is 95.9 Å². The number of fused-ring (bicyclic) bond motifs is 3. The summed E-state index contributed by atoms with van der Waals surface area (Å²) in [7, 11) is 1.60. The molecule has 32 heavy (non-hydrogen) atoms. The number of hydrogen-bond acceptors (Lipinski definition) is 4. The largest absolute Gasteiger partial charge is 0.481 e. The van der Waals surface area contributed by atoms with Crippen molar-refractivity contribution in [3.63, 3.8) is 0 Å². The average Bonchev–Trinajstić information content (AvgIpc) is 3.11. The summed E-state index contributed by atoms with van der Waals surface area (Å²) in [6, 6.07) is 16.4. The second-order valence-electron chi connectivity index (χ2n) is 8.31. The molecule has 0 radical (unpaired) electrons. The number of nitrogens with zero attached hydrogens (tertiary/aromatic N) is 1. The van der Waals surface area contributed by atoms with E-state index >= 15 is 0 Å². The van der Waals surface area contributed by atoms with Gasteiger partial charge in [0.05, 0.1) is 6.42 Å². The van der Waals surface area contributed by atoms with Crippen molar-refractivity contribution >= 4 is 18.0 Å². The zero-order chi connectivity index (χ0) is 23.1. The molecular formula is C25H30N2O5. The highest BCUT2D eigenvalue weighted by Gasteiger charge is 2.29. The second kappa shape index (κ2) is 10.8. The first-order chi connectivity index (χ1) is 15.4. The molecule has 0 spiro atoms. The summed E-state index contributed by atoms with van der Waals surface area (Å²) in [6.45, 7) is 2.82. The molecule has 0 aliphatic heterocycles. The maximum Gasteiger partial charge on any atom is 0.407 e. The number of aliphatic carboxylic acids is 1. The molecule has 170 valence electrons. The number of alkyl carbamates (subject to hydrolysis) is 1. The van der Waals surface area contributed by atoms with E-state index < -0.39 is 12.1 Å². The Balaban J connectivity index is 1.42. The standard InChI is InChI=1S/C25H30N2O5/c1-17(11-12-23(28)27(2)14-13-24(29)30)15-26-25(31)32-16-22-20-9-5-3-7-18(20)19-8-4-6-10-21(19)22/h3-10,17,22H,11-16H2,1-2H3,(H,26,31)(H,29,30). The van der Waals surface area contributed by atoms with Gasteiger partial charge in [-0.05, 0) is 34.6 Å². The van der Waals surface area contributed by atoms with Crippen molar-refractivity contribution in [1.29, 1.82) is 0 Å². The molecule has 2 aromatic rings. The molecule has 0 saturated heterocycles. The van der Waals surface area contributed by atoms with Crippen LogP contribution in [0.2, 0.25) is 0 Å². The average molecular weight is 439 g/mol. The molecule has 2 amide bonds. The molecule has 2 N–H and O–H groups in total. The lowest BCUT2D eigenvalue weighted by Gasteiger charge is -2.18. The van der Waals surface area contributed by atoms with Gasteiger partial charge < -0.3 is 20.1 Å². The van der Waals surface area contributed by atoms with Gasteiger partial charge in [-0.1, -0.05) is 55.5 Å². The van der Waals surface area contributed by atoms with Gasteiger partial charge in [-0.15, -0.1) is 0 Å². The summed E-state index contributed by atoms with van der Waals surface area (Å²) in [6.07, 6.45) is 0.369. The third kappa shape index (κ3) is 5.87. The van der Waals surface area contributed by atoms with E-state index in [0.29, 0.717) is 19.4 Å². The number of carboxylic acid groups (broad SMARTS) is 1. The fourth-order valence-corrected chi connectivity index (χ4v) is 3.96. The summed E-state index contributed by atoms with van der Waals surface area (Å²) in [5.41, 5.74) is 4.70. The van der Waals surface area contributed by atoms with Crippen molar-refractivity contribution in [2.75, 3.05) is 26.7 Å². The van der Waals surface area contributed by atoms with Gasteiger partial charge in [0.2, 0.25) is 5.91 Å². The third-order valence-corrected chi connectivity index (χ3v) is 5.88. The van der Waals surface area contributed by atoms with E-state index in [1.807, 2.05) is 31.2 Å². The lowest BCUT2D eigenvalue weighted by molar-refractivity contribution is -0.138. The lowest BCUT2D eigenvalue weighted by Crippen LogP contribution is -2.32. The van der Waals surface area contributed by atoms with Gasteiger partial charge in [0.15, 0.2) is 0 Å². The van der Waals surface area contributed by atoms with Crippen molar-refractivity contribution in [3.8, 4) is 11.1 Å². The van der Waals surface area contributed by atoms with Crippen LogP contribution in [0.4, 0.5) is 4.79 Å². The molecule has 7 nitrogen and oxygen atoms in total. The molecular weight excluding hydrogens is 408 g/mol. The van der Waals surface area contributed by atoms with E-state index in [9.17, 15) is 14.4 Å². The van der Waals surface area contributed by atoms with Crippen molar-refractivity contribution in [1.82, 2.24) is 10.2 Å². The molecule has 2 aromatic carbocycles. The van der Waals surface area contributed by atoms with E-state index in [1.54, 1.807) is 7.05 Å². The van der Waals surface area contributed by atoms with Crippen LogP contribution in [-0.4, -0.2) is 54.7 Å². The summed E-state index contributed by atoms with van der Waals surface area (Å²) in [4.78, 5) is 36.4. The normalized spacial score (nSPS) is 13.1. The van der Waals surface area contributed by atoms with Crippen LogP contribution in [-0.2, 0) is 14.3 Å². The summed E-state index contributed by atoms with van der Waals surface area (Å²) >= 11 is 0. The maximum atomic E-state index is 12.3. The first kappa shape index (κ1) is 23.3. The molecule has 1 atom stereocenters. The molecule has 7 heteroatoms. The fourth-order valence-electron chi connectivity index (χ4n) is 3.96. The predicted octanol–water partition coefficient (Wildman–Crippen LogP) is 3.87. The summed E-state index contributed by atoms with van der Waals surface area (Å²) in [5.74, 6) is -0.915. The van der Waals surface area contributed by atoms with E-state index in [-0.39, 0.29) is 37.3 Å². The van der Waals surface area contributed by atoms with E-state index in [1.165, 1.54) is 27.2 Å². The summed E-state index contributed by atoms with van der Waals surface area (Å²) < 4.78 is 5.53. The Kier molecular flexibility index (Phi) is 7.87. The van der Waals surface area contributed by atoms with Gasteiger partial charge in [0.25, 0.3) is 0 Å². The van der Waals surface area contributed by atoms with Gasteiger partial charge in [-0.3, -0.25) is 9.59 Å². The van der Waals surface area contributed by atoms with Gasteiger partial charge in [0, 0.05) is 32.5 Å². The highest BCUT2D eigenvalue weighted by atomic mass is 16.5. The van der Waals surface area contributed by atoms with E-state index in [4.69, 9.17) is 9.84 Å². The van der Waals surface area contributed by atoms with Gasteiger partial charge in [0.1, 0.15) is 6.61 Å². The highest BCUT2D eigenvalue weighted by Crippen LogP contribution is 2.44. The number of nitrogens with one attached hydrogen (secondary N) is 1. The SMILES string of the molecule is CC(CCC(=O)N(C)CCC(=O)O)CNC(=O)OCC1c2ccccc2-c2ccccc21. The van der Waals surface area contributed by atoms with Crippen LogP contribution in [0.15, 0.2) is 48.5 Å². The Morgan fingerprint density at radius 3 is 2.22 bits per heavy atom. The quantitative estimate of drug-likeness (QED) is 0.587. The minimum atomic E-state index is -0.926. The smallest absolute Gasteiger partial charge is 0.407 e. The van der Waals surface area contributed by atoms with Gasteiger partial charge >= 0.3 is 12.1 Å². The first-order valence-corrected chi connectivity index (χ1v) is 10.9. The molecule has 0 fully saturated rings. The number of carbonyl (C=O) groups excluding carboxylic acids is 2. The zero-order valence-electron chi connectivity index (χ0n) is 18.5. The maximum absolute atomic E-state index is 12.3. The van der Waals surface area contributed by atoms with Crippen molar-refractivity contribution < 1.29 is 24.2 Å². The molecule has 1 unspecified atom stereocenters. The molecule has 0 saturated carbocycles. The number of ether oxygens (including phenoxy) is 1. The third-order valence-electron chi connectivity index (χ3n) is 5.88. The molecule has 0 bridgehead atoms. The van der Waals surface area contributed by atoms with Crippen molar-refractivity contribution in [2.45, 2.75) is 32.1 Å². The lowest BCUT2D eigenvalue weighted by atomic mass is 9.98. The van der Waals surface area contributed by atoms with Gasteiger partial charge in [-0.2, -0.15) is 0 Å². The van der Waals surface area contributed by atoms with Crippen LogP contribution in [0.1, 0.15) is 43.2 Å². The number of carboxylic acids is 1. The molecule has 3 rings (SSSR count). The minimum Gasteiger partial charge on any atom is -0.481 e. The Labute approximate surface area is 188 Å². The van der Waals surface area contributed by atoms with Crippen LogP contribution in [0.5, 0.6) is 0 Å². The molecule has 1 aliphatic carbocycles. The monoisotopic (exact) mass is 438 g/mol.